The number of aliphatic carboxylic acids is 1. The molecule has 8 heteroatoms. The van der Waals surface area contributed by atoms with Crippen LogP contribution in [-0.2, 0) is 4.79 Å². The fraction of sp³-hybridized carbons (Fsp3) is 0.273. The highest BCUT2D eigenvalue weighted by Crippen LogP contribution is 2.17. The summed E-state index contributed by atoms with van der Waals surface area (Å²) in [6, 6.07) is 3.77. The number of amides is 1. The van der Waals surface area contributed by atoms with Crippen LogP contribution >= 0.6 is 0 Å². The molecule has 0 bridgehead atoms. The van der Waals surface area contributed by atoms with Gasteiger partial charge in [0.05, 0.1) is 11.5 Å². The number of non-ortho nitro benzene ring substituents is 1. The zero-order chi connectivity index (χ0) is 14.6. The predicted octanol–water partition coefficient (Wildman–Crippen LogP) is 0.0785. The van der Waals surface area contributed by atoms with Gasteiger partial charge in [-0.2, -0.15) is 0 Å². The minimum atomic E-state index is -1.72. The second kappa shape index (κ2) is 5.91. The Bertz CT molecular complexity index is 528. The third kappa shape index (κ3) is 3.75. The van der Waals surface area contributed by atoms with Crippen molar-refractivity contribution in [2.24, 2.45) is 0 Å². The van der Waals surface area contributed by atoms with E-state index in [2.05, 4.69) is 5.32 Å². The number of carboxylic acids is 1. The number of nitrogens with zero attached hydrogens (tertiary/aromatic N) is 1. The van der Waals surface area contributed by atoms with Crippen LogP contribution < -0.4 is 5.32 Å². The first-order chi connectivity index (χ1) is 8.82. The van der Waals surface area contributed by atoms with Gasteiger partial charge >= 0.3 is 5.97 Å². The molecule has 0 aromatic heterocycles. The zero-order valence-electron chi connectivity index (χ0n) is 9.99. The number of carbonyl (C=O) groups excluding carboxylic acids is 1. The van der Waals surface area contributed by atoms with Gasteiger partial charge in [0, 0.05) is 17.7 Å². The lowest BCUT2D eigenvalue weighted by Gasteiger charge is -2.09. The van der Waals surface area contributed by atoms with E-state index in [4.69, 9.17) is 10.2 Å². The fourth-order valence-corrected chi connectivity index (χ4v) is 1.34. The molecular formula is C11H12N2O6. The average Bonchev–Trinajstić information content (AvgIpc) is 2.35. The molecule has 0 saturated carbocycles. The molecule has 1 atom stereocenters. The Hall–Kier alpha value is -2.48. The molecule has 19 heavy (non-hydrogen) atoms. The van der Waals surface area contributed by atoms with Crippen LogP contribution in [0.1, 0.15) is 15.9 Å². The molecule has 1 rings (SSSR count). The highest BCUT2D eigenvalue weighted by Gasteiger charge is 2.18. The van der Waals surface area contributed by atoms with Crippen molar-refractivity contribution in [3.05, 3.63) is 39.4 Å². The number of nitro benzene ring substituents is 1. The Balaban J connectivity index is 2.84. The zero-order valence-corrected chi connectivity index (χ0v) is 9.99. The highest BCUT2D eigenvalue weighted by atomic mass is 16.6. The Morgan fingerprint density at radius 2 is 2.11 bits per heavy atom. The predicted molar refractivity (Wildman–Crippen MR) is 63.8 cm³/mol. The van der Waals surface area contributed by atoms with Crippen molar-refractivity contribution < 1.29 is 24.7 Å². The minimum absolute atomic E-state index is 0.0618. The van der Waals surface area contributed by atoms with Crippen molar-refractivity contribution in [1.82, 2.24) is 5.32 Å². The first-order valence-corrected chi connectivity index (χ1v) is 5.27. The van der Waals surface area contributed by atoms with Crippen molar-refractivity contribution in [1.29, 1.82) is 0 Å². The van der Waals surface area contributed by atoms with E-state index in [1.165, 1.54) is 12.1 Å². The standard InChI is InChI=1S/C11H12N2O6/c1-6-2-3-7(13(18)19)4-8(6)10(15)12-5-9(14)11(16)17/h2-4,9,14H,5H2,1H3,(H,12,15)(H,16,17)/t9-/m0/s1. The van der Waals surface area contributed by atoms with E-state index in [9.17, 15) is 19.7 Å². The largest absolute Gasteiger partial charge is 0.479 e. The summed E-state index contributed by atoms with van der Waals surface area (Å²) in [6.07, 6.45) is -1.72. The summed E-state index contributed by atoms with van der Waals surface area (Å²) in [5.74, 6) is -2.14. The van der Waals surface area contributed by atoms with Gasteiger partial charge in [0.25, 0.3) is 11.6 Å². The molecule has 1 aromatic carbocycles. The number of benzene rings is 1. The summed E-state index contributed by atoms with van der Waals surface area (Å²) in [4.78, 5) is 32.1. The van der Waals surface area contributed by atoms with E-state index in [-0.39, 0.29) is 11.3 Å². The van der Waals surface area contributed by atoms with Crippen molar-refractivity contribution in [2.45, 2.75) is 13.0 Å². The van der Waals surface area contributed by atoms with Crippen LogP contribution in [-0.4, -0.2) is 39.7 Å². The number of nitrogens with one attached hydrogen (secondary N) is 1. The van der Waals surface area contributed by atoms with Gasteiger partial charge in [0.15, 0.2) is 6.10 Å². The van der Waals surface area contributed by atoms with Crippen LogP contribution in [0, 0.1) is 17.0 Å². The van der Waals surface area contributed by atoms with E-state index in [0.29, 0.717) is 5.56 Å². The van der Waals surface area contributed by atoms with Gasteiger partial charge in [-0.15, -0.1) is 0 Å². The topological polar surface area (TPSA) is 130 Å². The number of carboxylic acid groups (broad SMARTS) is 1. The molecule has 0 spiro atoms. The van der Waals surface area contributed by atoms with Crippen LogP contribution in [0.5, 0.6) is 0 Å². The smallest absolute Gasteiger partial charge is 0.334 e. The third-order valence-electron chi connectivity index (χ3n) is 2.42. The van der Waals surface area contributed by atoms with Gasteiger partial charge in [-0.3, -0.25) is 14.9 Å². The van der Waals surface area contributed by atoms with E-state index in [1.807, 2.05) is 0 Å². The maximum atomic E-state index is 11.7. The van der Waals surface area contributed by atoms with Crippen molar-refractivity contribution in [2.75, 3.05) is 6.54 Å². The molecule has 3 N–H and O–H groups in total. The number of rotatable bonds is 5. The molecule has 0 aliphatic rings. The lowest BCUT2D eigenvalue weighted by Crippen LogP contribution is -2.36. The number of hydrogen-bond acceptors (Lipinski definition) is 5. The van der Waals surface area contributed by atoms with Crippen molar-refractivity contribution >= 4 is 17.6 Å². The summed E-state index contributed by atoms with van der Waals surface area (Å²) in [5.41, 5.74) is 0.328. The number of aryl methyl sites for hydroxylation is 1. The Labute approximate surface area is 107 Å². The molecule has 8 nitrogen and oxygen atoms in total. The maximum absolute atomic E-state index is 11.7. The number of hydrogen-bond donors (Lipinski definition) is 3. The monoisotopic (exact) mass is 268 g/mol. The van der Waals surface area contributed by atoms with E-state index >= 15 is 0 Å². The van der Waals surface area contributed by atoms with E-state index in [0.717, 1.165) is 6.07 Å². The maximum Gasteiger partial charge on any atom is 0.334 e. The minimum Gasteiger partial charge on any atom is -0.479 e. The van der Waals surface area contributed by atoms with Crippen LogP contribution in [0.3, 0.4) is 0 Å². The van der Waals surface area contributed by atoms with Crippen LogP contribution in [0.25, 0.3) is 0 Å². The molecule has 0 unspecified atom stereocenters. The number of aliphatic hydroxyl groups is 1. The van der Waals surface area contributed by atoms with Crippen LogP contribution in [0.2, 0.25) is 0 Å². The number of carbonyl (C=O) groups is 2. The van der Waals surface area contributed by atoms with Crippen LogP contribution in [0.15, 0.2) is 18.2 Å². The average molecular weight is 268 g/mol. The molecule has 102 valence electrons. The number of nitro groups is 1. The first kappa shape index (κ1) is 14.6. The van der Waals surface area contributed by atoms with E-state index < -0.39 is 29.4 Å². The lowest BCUT2D eigenvalue weighted by atomic mass is 10.1. The first-order valence-electron chi connectivity index (χ1n) is 5.27. The van der Waals surface area contributed by atoms with Crippen molar-refractivity contribution in [3.63, 3.8) is 0 Å². The second-order valence-corrected chi connectivity index (χ2v) is 3.82. The Morgan fingerprint density at radius 3 is 2.63 bits per heavy atom. The summed E-state index contributed by atoms with van der Waals surface area (Å²) in [6.45, 7) is 1.11. The molecule has 0 aliphatic carbocycles. The molecule has 0 heterocycles. The number of aliphatic hydroxyl groups excluding tert-OH is 1. The molecule has 0 aliphatic heterocycles. The van der Waals surface area contributed by atoms with Gasteiger partial charge in [0.1, 0.15) is 0 Å². The van der Waals surface area contributed by atoms with Gasteiger partial charge in [-0.25, -0.2) is 4.79 Å². The molecule has 1 amide bonds. The molecule has 0 saturated heterocycles. The highest BCUT2D eigenvalue weighted by molar-refractivity contribution is 5.96. The molecule has 1 aromatic rings. The van der Waals surface area contributed by atoms with Crippen molar-refractivity contribution in [3.8, 4) is 0 Å². The summed E-state index contributed by atoms with van der Waals surface area (Å²) >= 11 is 0. The lowest BCUT2D eigenvalue weighted by molar-refractivity contribution is -0.384. The van der Waals surface area contributed by atoms with Crippen LogP contribution in [0.4, 0.5) is 5.69 Å². The molecule has 0 radical (unpaired) electrons. The Kier molecular flexibility index (Phi) is 4.54. The summed E-state index contributed by atoms with van der Waals surface area (Å²) in [7, 11) is 0. The molecular weight excluding hydrogens is 256 g/mol. The molecule has 0 fully saturated rings. The second-order valence-electron chi connectivity index (χ2n) is 3.82. The fourth-order valence-electron chi connectivity index (χ4n) is 1.34. The summed E-state index contributed by atoms with van der Waals surface area (Å²) < 4.78 is 0. The quantitative estimate of drug-likeness (QED) is 0.512. The normalized spacial score (nSPS) is 11.7. The third-order valence-corrected chi connectivity index (χ3v) is 2.42. The van der Waals surface area contributed by atoms with Gasteiger partial charge in [-0.1, -0.05) is 6.07 Å². The summed E-state index contributed by atoms with van der Waals surface area (Å²) in [5, 5.41) is 30.3. The Morgan fingerprint density at radius 1 is 1.47 bits per heavy atom. The van der Waals surface area contributed by atoms with Gasteiger partial charge in [0.2, 0.25) is 0 Å². The van der Waals surface area contributed by atoms with Gasteiger partial charge in [-0.05, 0) is 12.5 Å². The SMILES string of the molecule is Cc1ccc([N+](=O)[O-])cc1C(=O)NC[C@H](O)C(=O)O. The van der Waals surface area contributed by atoms with Gasteiger partial charge < -0.3 is 15.5 Å². The van der Waals surface area contributed by atoms with E-state index in [1.54, 1.807) is 6.92 Å².